The van der Waals surface area contributed by atoms with E-state index in [1.54, 1.807) is 6.07 Å². The summed E-state index contributed by atoms with van der Waals surface area (Å²) in [4.78, 5) is 0.635. The fourth-order valence-corrected chi connectivity index (χ4v) is 4.21. The van der Waals surface area contributed by atoms with Gasteiger partial charge in [-0.3, -0.25) is 0 Å². The molecule has 2 saturated carbocycles. The molecule has 0 heterocycles. The van der Waals surface area contributed by atoms with Crippen molar-refractivity contribution in [2.24, 2.45) is 11.8 Å². The van der Waals surface area contributed by atoms with Crippen molar-refractivity contribution in [2.45, 2.75) is 62.7 Å². The molecule has 110 valence electrons. The van der Waals surface area contributed by atoms with Crippen molar-refractivity contribution < 1.29 is 8.78 Å². The molecule has 2 fully saturated rings. The van der Waals surface area contributed by atoms with Gasteiger partial charge in [-0.25, -0.2) is 8.78 Å². The molecule has 0 saturated heterocycles. The fraction of sp³-hybridized carbons (Fsp3) is 0.647. The van der Waals surface area contributed by atoms with Crippen molar-refractivity contribution in [1.82, 2.24) is 0 Å². The summed E-state index contributed by atoms with van der Waals surface area (Å²) in [6, 6.07) is 1.71. The topological polar surface area (TPSA) is 0 Å². The second-order valence-corrected chi connectivity index (χ2v) is 6.88. The van der Waals surface area contributed by atoms with Crippen molar-refractivity contribution in [3.8, 4) is 0 Å². The molecule has 2 aliphatic carbocycles. The van der Waals surface area contributed by atoms with Crippen LogP contribution in [0.5, 0.6) is 0 Å². The van der Waals surface area contributed by atoms with Crippen molar-refractivity contribution in [1.29, 1.82) is 0 Å². The van der Waals surface area contributed by atoms with Gasteiger partial charge in [0.15, 0.2) is 11.6 Å². The Morgan fingerprint density at radius 1 is 1.00 bits per heavy atom. The van der Waals surface area contributed by atoms with Gasteiger partial charge >= 0.3 is 0 Å². The van der Waals surface area contributed by atoms with Crippen molar-refractivity contribution in [3.63, 3.8) is 0 Å². The Labute approximate surface area is 125 Å². The maximum absolute atomic E-state index is 14.3. The Kier molecular flexibility index (Phi) is 4.07. The minimum absolute atomic E-state index is 0.151. The summed E-state index contributed by atoms with van der Waals surface area (Å²) in [5, 5.41) is 0. The smallest absolute Gasteiger partial charge is 0.163 e. The van der Waals surface area contributed by atoms with Crippen LogP contribution in [0.4, 0.5) is 8.78 Å². The van der Waals surface area contributed by atoms with Crippen molar-refractivity contribution in [3.05, 3.63) is 28.8 Å². The summed E-state index contributed by atoms with van der Waals surface area (Å²) in [6.07, 6.45) is 7.55. The highest BCUT2D eigenvalue weighted by Crippen LogP contribution is 2.48. The van der Waals surface area contributed by atoms with E-state index in [4.69, 9.17) is 0 Å². The van der Waals surface area contributed by atoms with E-state index >= 15 is 0 Å². The van der Waals surface area contributed by atoms with Crippen LogP contribution in [0.3, 0.4) is 0 Å². The van der Waals surface area contributed by atoms with Gasteiger partial charge in [0, 0.05) is 10.5 Å². The van der Waals surface area contributed by atoms with E-state index in [2.05, 4.69) is 12.6 Å². The van der Waals surface area contributed by atoms with Gasteiger partial charge in [0.05, 0.1) is 0 Å². The van der Waals surface area contributed by atoms with Gasteiger partial charge in [-0.2, -0.15) is 0 Å². The lowest BCUT2D eigenvalue weighted by molar-refractivity contribution is 0.289. The molecule has 0 unspecified atom stereocenters. The van der Waals surface area contributed by atoms with Crippen LogP contribution in [-0.2, 0) is 6.42 Å². The molecular formula is C17H22F2S. The molecule has 1 aromatic rings. The van der Waals surface area contributed by atoms with Gasteiger partial charge in [0.2, 0.25) is 0 Å². The van der Waals surface area contributed by atoms with Crippen LogP contribution < -0.4 is 0 Å². The molecule has 0 amide bonds. The van der Waals surface area contributed by atoms with E-state index in [1.165, 1.54) is 25.7 Å². The molecular weight excluding hydrogens is 274 g/mol. The maximum Gasteiger partial charge on any atom is 0.163 e. The molecule has 1 aromatic carbocycles. The molecule has 0 bridgehead atoms. The lowest BCUT2D eigenvalue weighted by Gasteiger charge is -2.30. The van der Waals surface area contributed by atoms with Crippen LogP contribution in [0.15, 0.2) is 11.0 Å². The van der Waals surface area contributed by atoms with Crippen molar-refractivity contribution in [2.75, 3.05) is 0 Å². The third-order valence-corrected chi connectivity index (χ3v) is 5.52. The number of halogens is 2. The summed E-state index contributed by atoms with van der Waals surface area (Å²) < 4.78 is 28.3. The lowest BCUT2D eigenvalue weighted by atomic mass is 9.76. The summed E-state index contributed by atoms with van der Waals surface area (Å²) in [6.45, 7) is 1.84. The van der Waals surface area contributed by atoms with Crippen LogP contribution >= 0.6 is 12.6 Å². The summed E-state index contributed by atoms with van der Waals surface area (Å²) in [7, 11) is 0. The Bertz CT molecular complexity index is 500. The predicted octanol–water partition coefficient (Wildman–Crippen LogP) is 5.50. The number of hydrogen-bond acceptors (Lipinski definition) is 1. The van der Waals surface area contributed by atoms with Gasteiger partial charge in [0.1, 0.15) is 0 Å². The minimum atomic E-state index is -0.662. The molecule has 2 aliphatic rings. The van der Waals surface area contributed by atoms with Gasteiger partial charge in [-0.05, 0) is 74.3 Å². The summed E-state index contributed by atoms with van der Waals surface area (Å²) >= 11 is 4.42. The second kappa shape index (κ2) is 5.67. The molecule has 0 spiro atoms. The molecule has 0 atom stereocenters. The predicted molar refractivity (Wildman–Crippen MR) is 80.4 cm³/mol. The maximum atomic E-state index is 14.3. The van der Waals surface area contributed by atoms with E-state index in [1.807, 2.05) is 6.92 Å². The Morgan fingerprint density at radius 2 is 1.55 bits per heavy atom. The SMILES string of the molecule is CCc1cc(S)c(C2CCC(C3CC3)CC2)c(F)c1F. The Morgan fingerprint density at radius 3 is 2.05 bits per heavy atom. The zero-order chi connectivity index (χ0) is 14.3. The third-order valence-electron chi connectivity index (χ3n) is 5.15. The minimum Gasteiger partial charge on any atom is -0.203 e. The van der Waals surface area contributed by atoms with Crippen LogP contribution in [0.2, 0.25) is 0 Å². The number of aryl methyl sites for hydroxylation is 1. The molecule has 3 heteroatoms. The molecule has 0 nitrogen and oxygen atoms in total. The highest BCUT2D eigenvalue weighted by atomic mass is 32.1. The first kappa shape index (κ1) is 14.4. The normalized spacial score (nSPS) is 26.8. The first-order valence-electron chi connectivity index (χ1n) is 7.81. The van der Waals surface area contributed by atoms with Gasteiger partial charge < -0.3 is 0 Å². The average molecular weight is 296 g/mol. The van der Waals surface area contributed by atoms with Gasteiger partial charge in [-0.1, -0.05) is 6.92 Å². The zero-order valence-corrected chi connectivity index (χ0v) is 12.9. The molecule has 20 heavy (non-hydrogen) atoms. The highest BCUT2D eigenvalue weighted by Gasteiger charge is 2.35. The number of thiol groups is 1. The number of benzene rings is 1. The first-order valence-corrected chi connectivity index (χ1v) is 8.26. The second-order valence-electron chi connectivity index (χ2n) is 6.40. The average Bonchev–Trinajstić information content (AvgIpc) is 3.28. The van der Waals surface area contributed by atoms with Crippen molar-refractivity contribution >= 4 is 12.6 Å². The molecule has 0 aliphatic heterocycles. The van der Waals surface area contributed by atoms with Crippen LogP contribution in [0.1, 0.15) is 62.5 Å². The van der Waals surface area contributed by atoms with Gasteiger partial charge in [-0.15, -0.1) is 12.6 Å². The number of rotatable bonds is 3. The quantitative estimate of drug-likeness (QED) is 0.700. The number of hydrogen-bond donors (Lipinski definition) is 1. The summed E-state index contributed by atoms with van der Waals surface area (Å²) in [5.41, 5.74) is 0.959. The monoisotopic (exact) mass is 296 g/mol. The summed E-state index contributed by atoms with van der Waals surface area (Å²) in [5.74, 6) is 0.597. The molecule has 0 N–H and O–H groups in total. The van der Waals surface area contributed by atoms with Crippen LogP contribution in [0, 0.1) is 23.5 Å². The van der Waals surface area contributed by atoms with Crippen LogP contribution in [-0.4, -0.2) is 0 Å². The van der Waals surface area contributed by atoms with E-state index < -0.39 is 11.6 Å². The van der Waals surface area contributed by atoms with E-state index in [-0.39, 0.29) is 5.92 Å². The molecule has 0 aromatic heterocycles. The largest absolute Gasteiger partial charge is 0.203 e. The molecule has 0 radical (unpaired) electrons. The Hall–Kier alpha value is -0.570. The van der Waals surface area contributed by atoms with Gasteiger partial charge in [0.25, 0.3) is 0 Å². The first-order chi connectivity index (χ1) is 9.61. The zero-order valence-electron chi connectivity index (χ0n) is 12.0. The molecule has 3 rings (SSSR count). The fourth-order valence-electron chi connectivity index (χ4n) is 3.77. The lowest BCUT2D eigenvalue weighted by Crippen LogP contribution is -2.17. The third kappa shape index (κ3) is 2.61. The van der Waals surface area contributed by atoms with E-state index in [0.717, 1.165) is 24.7 Å². The van der Waals surface area contributed by atoms with E-state index in [9.17, 15) is 8.78 Å². The Balaban J connectivity index is 1.81. The standard InChI is InChI=1S/C17H22F2S/c1-2-10-9-14(20)15(17(19)16(10)18)13-7-5-12(6-8-13)11-3-4-11/h9,11-13,20H,2-8H2,1H3. The highest BCUT2D eigenvalue weighted by molar-refractivity contribution is 7.80. The van der Waals surface area contributed by atoms with E-state index in [0.29, 0.717) is 22.4 Å². The van der Waals surface area contributed by atoms with Crippen LogP contribution in [0.25, 0.3) is 0 Å².